The molecule has 140 valence electrons. The molecule has 3 rings (SSSR count). The van der Waals surface area contributed by atoms with Gasteiger partial charge in [-0.15, -0.1) is 0 Å². The average Bonchev–Trinajstić information content (AvgIpc) is 3.11. The van der Waals surface area contributed by atoms with Crippen molar-refractivity contribution >= 4 is 22.9 Å². The molecule has 4 N–H and O–H groups in total. The number of carbonyl (C=O) groups is 2. The molecule has 0 radical (unpaired) electrons. The van der Waals surface area contributed by atoms with Crippen LogP contribution in [0.5, 0.6) is 5.75 Å². The third-order valence-electron chi connectivity index (χ3n) is 4.20. The standard InChI is InChI=1S/C20H21N3O4/c1-12(17-10-15-4-3-5-16(26-2)18(15)27-17)23-19(24)14-8-6-13(7-9-14)11-22-20(21)25/h3-10,12H,11H2,1-2H3,(H,23,24)(H3,21,22,25). The maximum Gasteiger partial charge on any atom is 0.312 e. The molecule has 0 saturated heterocycles. The lowest BCUT2D eigenvalue weighted by molar-refractivity contribution is 0.0935. The van der Waals surface area contributed by atoms with Gasteiger partial charge < -0.3 is 25.5 Å². The number of nitrogens with one attached hydrogen (secondary N) is 2. The number of furan rings is 1. The van der Waals surface area contributed by atoms with E-state index >= 15 is 0 Å². The van der Waals surface area contributed by atoms with Crippen molar-refractivity contribution in [3.8, 4) is 5.75 Å². The minimum Gasteiger partial charge on any atom is -0.493 e. The Morgan fingerprint density at radius 2 is 1.93 bits per heavy atom. The first-order valence-electron chi connectivity index (χ1n) is 8.47. The highest BCUT2D eigenvalue weighted by atomic mass is 16.5. The first-order valence-corrected chi connectivity index (χ1v) is 8.47. The van der Waals surface area contributed by atoms with Crippen molar-refractivity contribution in [3.63, 3.8) is 0 Å². The summed E-state index contributed by atoms with van der Waals surface area (Å²) in [4.78, 5) is 23.2. The Kier molecular flexibility index (Phi) is 5.30. The van der Waals surface area contributed by atoms with Crippen molar-refractivity contribution in [1.82, 2.24) is 10.6 Å². The molecule has 0 aliphatic rings. The number of hydrogen-bond acceptors (Lipinski definition) is 4. The summed E-state index contributed by atoms with van der Waals surface area (Å²) in [5.74, 6) is 1.08. The van der Waals surface area contributed by atoms with Crippen LogP contribution in [0.2, 0.25) is 0 Å². The maximum atomic E-state index is 12.5. The molecule has 0 fully saturated rings. The van der Waals surface area contributed by atoms with Crippen LogP contribution in [0.4, 0.5) is 4.79 Å². The van der Waals surface area contributed by atoms with Gasteiger partial charge in [-0.25, -0.2) is 4.79 Å². The summed E-state index contributed by atoms with van der Waals surface area (Å²) in [5.41, 5.74) is 7.06. The Morgan fingerprint density at radius 3 is 2.59 bits per heavy atom. The van der Waals surface area contributed by atoms with Gasteiger partial charge in [0.1, 0.15) is 5.76 Å². The van der Waals surface area contributed by atoms with Crippen LogP contribution in [0.25, 0.3) is 11.0 Å². The Balaban J connectivity index is 1.69. The number of hydrogen-bond donors (Lipinski definition) is 3. The van der Waals surface area contributed by atoms with E-state index in [1.54, 1.807) is 31.4 Å². The smallest absolute Gasteiger partial charge is 0.312 e. The van der Waals surface area contributed by atoms with Crippen molar-refractivity contribution in [2.24, 2.45) is 5.73 Å². The number of para-hydroxylation sites is 1. The summed E-state index contributed by atoms with van der Waals surface area (Å²) in [6.07, 6.45) is 0. The predicted molar refractivity (Wildman–Crippen MR) is 102 cm³/mol. The molecule has 0 spiro atoms. The van der Waals surface area contributed by atoms with Crippen LogP contribution in [0.3, 0.4) is 0 Å². The van der Waals surface area contributed by atoms with Gasteiger partial charge in [0.15, 0.2) is 11.3 Å². The highest BCUT2D eigenvalue weighted by molar-refractivity contribution is 5.94. The number of fused-ring (bicyclic) bond motifs is 1. The number of urea groups is 1. The quantitative estimate of drug-likeness (QED) is 0.622. The number of rotatable bonds is 6. The molecular formula is C20H21N3O4. The van der Waals surface area contributed by atoms with Crippen molar-refractivity contribution in [1.29, 1.82) is 0 Å². The van der Waals surface area contributed by atoms with E-state index in [-0.39, 0.29) is 11.9 Å². The number of ether oxygens (including phenoxy) is 1. The third-order valence-corrected chi connectivity index (χ3v) is 4.20. The van der Waals surface area contributed by atoms with Crippen LogP contribution in [-0.2, 0) is 6.54 Å². The molecule has 1 atom stereocenters. The molecule has 2 aromatic carbocycles. The third kappa shape index (κ3) is 4.20. The number of carbonyl (C=O) groups excluding carboxylic acids is 2. The zero-order chi connectivity index (χ0) is 19.4. The Bertz CT molecular complexity index is 963. The number of amides is 3. The van der Waals surface area contributed by atoms with E-state index in [2.05, 4.69) is 10.6 Å². The van der Waals surface area contributed by atoms with Crippen LogP contribution in [-0.4, -0.2) is 19.0 Å². The van der Waals surface area contributed by atoms with E-state index < -0.39 is 6.03 Å². The average molecular weight is 367 g/mol. The lowest BCUT2D eigenvalue weighted by Gasteiger charge is -2.12. The van der Waals surface area contributed by atoms with Gasteiger partial charge in [-0.1, -0.05) is 24.3 Å². The highest BCUT2D eigenvalue weighted by Gasteiger charge is 2.17. The molecule has 0 aliphatic heterocycles. The molecule has 7 heteroatoms. The van der Waals surface area contributed by atoms with Gasteiger partial charge in [-0.3, -0.25) is 4.79 Å². The second-order valence-electron chi connectivity index (χ2n) is 6.14. The lowest BCUT2D eigenvalue weighted by Crippen LogP contribution is -2.28. The number of benzene rings is 2. The molecule has 27 heavy (non-hydrogen) atoms. The van der Waals surface area contributed by atoms with E-state index in [1.165, 1.54) is 0 Å². The van der Waals surface area contributed by atoms with Crippen molar-refractivity contribution in [3.05, 3.63) is 65.4 Å². The molecule has 3 amide bonds. The summed E-state index contributed by atoms with van der Waals surface area (Å²) < 4.78 is 11.2. The van der Waals surface area contributed by atoms with Crippen molar-refractivity contribution in [2.45, 2.75) is 19.5 Å². The van der Waals surface area contributed by atoms with Gasteiger partial charge in [-0.2, -0.15) is 0 Å². The van der Waals surface area contributed by atoms with Gasteiger partial charge in [0.05, 0.1) is 13.2 Å². The topological polar surface area (TPSA) is 107 Å². The van der Waals surface area contributed by atoms with Gasteiger partial charge in [0, 0.05) is 17.5 Å². The zero-order valence-electron chi connectivity index (χ0n) is 15.1. The Morgan fingerprint density at radius 1 is 1.19 bits per heavy atom. The predicted octanol–water partition coefficient (Wildman–Crippen LogP) is 3.10. The molecule has 0 saturated carbocycles. The molecule has 7 nitrogen and oxygen atoms in total. The summed E-state index contributed by atoms with van der Waals surface area (Å²) in [7, 11) is 1.59. The first kappa shape index (κ1) is 18.3. The monoisotopic (exact) mass is 367 g/mol. The molecule has 1 unspecified atom stereocenters. The second-order valence-corrected chi connectivity index (χ2v) is 6.14. The molecule has 0 bridgehead atoms. The largest absolute Gasteiger partial charge is 0.493 e. The fourth-order valence-corrected chi connectivity index (χ4v) is 2.74. The number of methoxy groups -OCH3 is 1. The second kappa shape index (κ2) is 7.82. The summed E-state index contributed by atoms with van der Waals surface area (Å²) in [5, 5.41) is 6.33. The zero-order valence-corrected chi connectivity index (χ0v) is 15.1. The summed E-state index contributed by atoms with van der Waals surface area (Å²) in [6, 6.07) is 13.6. The Hall–Kier alpha value is -3.48. The molecular weight excluding hydrogens is 346 g/mol. The minimum atomic E-state index is -0.590. The summed E-state index contributed by atoms with van der Waals surface area (Å²) >= 11 is 0. The highest BCUT2D eigenvalue weighted by Crippen LogP contribution is 2.30. The van der Waals surface area contributed by atoms with Crippen LogP contribution in [0, 0.1) is 0 Å². The SMILES string of the molecule is COc1cccc2cc(C(C)NC(=O)c3ccc(CNC(N)=O)cc3)oc12. The van der Waals surface area contributed by atoms with Crippen LogP contribution in [0.1, 0.15) is 34.6 Å². The van der Waals surface area contributed by atoms with Crippen LogP contribution < -0.4 is 21.1 Å². The van der Waals surface area contributed by atoms with Crippen LogP contribution in [0.15, 0.2) is 52.9 Å². The van der Waals surface area contributed by atoms with E-state index in [4.69, 9.17) is 14.9 Å². The lowest BCUT2D eigenvalue weighted by atomic mass is 10.1. The maximum absolute atomic E-state index is 12.5. The minimum absolute atomic E-state index is 0.218. The van der Waals surface area contributed by atoms with E-state index in [1.807, 2.05) is 31.2 Å². The molecule has 1 heterocycles. The molecule has 1 aromatic heterocycles. The number of primary amides is 1. The van der Waals surface area contributed by atoms with Gasteiger partial charge in [0.2, 0.25) is 0 Å². The summed E-state index contributed by atoms with van der Waals surface area (Å²) in [6.45, 7) is 2.17. The van der Waals surface area contributed by atoms with Crippen molar-refractivity contribution < 1.29 is 18.7 Å². The van der Waals surface area contributed by atoms with Gasteiger partial charge in [-0.05, 0) is 36.8 Å². The number of nitrogens with two attached hydrogens (primary N) is 1. The van der Waals surface area contributed by atoms with Gasteiger partial charge in [0.25, 0.3) is 5.91 Å². The first-order chi connectivity index (χ1) is 13.0. The van der Waals surface area contributed by atoms with E-state index in [9.17, 15) is 9.59 Å². The normalized spacial score (nSPS) is 11.8. The molecule has 0 aliphatic carbocycles. The van der Waals surface area contributed by atoms with E-state index in [0.29, 0.717) is 29.2 Å². The van der Waals surface area contributed by atoms with E-state index in [0.717, 1.165) is 10.9 Å². The fraction of sp³-hybridized carbons (Fsp3) is 0.200. The fourth-order valence-electron chi connectivity index (χ4n) is 2.74. The van der Waals surface area contributed by atoms with Crippen LogP contribution >= 0.6 is 0 Å². The van der Waals surface area contributed by atoms with Gasteiger partial charge >= 0.3 is 6.03 Å². The Labute approximate surface area is 156 Å². The molecule has 3 aromatic rings. The van der Waals surface area contributed by atoms with Crippen molar-refractivity contribution in [2.75, 3.05) is 7.11 Å².